The minimum Gasteiger partial charge on any atom is -0.381 e. The number of methoxy groups -OCH3 is 1. The molecule has 1 N–H and O–H groups in total. The number of aromatic nitrogens is 1. The Morgan fingerprint density at radius 1 is 1.45 bits per heavy atom. The van der Waals surface area contributed by atoms with Crippen molar-refractivity contribution in [2.75, 3.05) is 32.1 Å². The molecule has 0 bridgehead atoms. The summed E-state index contributed by atoms with van der Waals surface area (Å²) in [5.74, 6) is 0.885. The molecular weight excluding hydrogens is 254 g/mol. The third-order valence-corrected chi connectivity index (χ3v) is 3.63. The van der Waals surface area contributed by atoms with E-state index in [9.17, 15) is 4.79 Å². The summed E-state index contributed by atoms with van der Waals surface area (Å²) in [5.41, 5.74) is 0.655. The van der Waals surface area contributed by atoms with Crippen molar-refractivity contribution in [3.8, 4) is 0 Å². The van der Waals surface area contributed by atoms with E-state index in [4.69, 9.17) is 4.74 Å². The summed E-state index contributed by atoms with van der Waals surface area (Å²) in [7, 11) is 1.73. The van der Waals surface area contributed by atoms with Gasteiger partial charge in [-0.05, 0) is 31.4 Å². The van der Waals surface area contributed by atoms with Crippen LogP contribution in [-0.2, 0) is 4.74 Å². The zero-order valence-corrected chi connectivity index (χ0v) is 12.3. The van der Waals surface area contributed by atoms with Crippen molar-refractivity contribution in [3.63, 3.8) is 0 Å². The maximum atomic E-state index is 12.3. The number of ether oxygens (including phenoxy) is 1. The lowest BCUT2D eigenvalue weighted by atomic mass is 10.1. The van der Waals surface area contributed by atoms with Gasteiger partial charge in [-0.2, -0.15) is 0 Å². The number of likely N-dealkylation sites (tertiary alicyclic amines) is 1. The van der Waals surface area contributed by atoms with E-state index in [1.807, 2.05) is 17.0 Å². The van der Waals surface area contributed by atoms with Gasteiger partial charge < -0.3 is 15.0 Å². The fraction of sp³-hybridized carbons (Fsp3) is 0.600. The molecule has 20 heavy (non-hydrogen) atoms. The number of carbonyl (C=O) groups excluding carboxylic acids is 1. The first-order valence-electron chi connectivity index (χ1n) is 7.26. The number of nitrogens with one attached hydrogen (secondary N) is 1. The first-order valence-corrected chi connectivity index (χ1v) is 7.26. The Kier molecular flexibility index (Phi) is 5.35. The monoisotopic (exact) mass is 277 g/mol. The lowest BCUT2D eigenvalue weighted by Crippen LogP contribution is -2.40. The lowest BCUT2D eigenvalue weighted by molar-refractivity contribution is 0.0350. The highest BCUT2D eigenvalue weighted by molar-refractivity contribution is 5.94. The SMILES string of the molecule is CCCNc1ccc(C(=O)N2CCC(OC)CC2)cn1. The molecule has 1 saturated heterocycles. The Hall–Kier alpha value is -1.62. The van der Waals surface area contributed by atoms with Gasteiger partial charge in [-0.25, -0.2) is 4.98 Å². The van der Waals surface area contributed by atoms with Gasteiger partial charge in [-0.15, -0.1) is 0 Å². The largest absolute Gasteiger partial charge is 0.381 e. The molecule has 1 aromatic heterocycles. The third kappa shape index (κ3) is 3.70. The topological polar surface area (TPSA) is 54.5 Å². The molecule has 0 atom stereocenters. The molecule has 1 aliphatic heterocycles. The molecule has 5 heteroatoms. The summed E-state index contributed by atoms with van der Waals surface area (Å²) >= 11 is 0. The fourth-order valence-corrected chi connectivity index (χ4v) is 2.36. The molecule has 0 aromatic carbocycles. The van der Waals surface area contributed by atoms with Crippen molar-refractivity contribution in [2.24, 2.45) is 0 Å². The first-order chi connectivity index (χ1) is 9.74. The summed E-state index contributed by atoms with van der Waals surface area (Å²) < 4.78 is 5.32. The molecular formula is C15H23N3O2. The van der Waals surface area contributed by atoms with Crippen LogP contribution >= 0.6 is 0 Å². The lowest BCUT2D eigenvalue weighted by Gasteiger charge is -2.31. The predicted molar refractivity (Wildman–Crippen MR) is 79.0 cm³/mol. The van der Waals surface area contributed by atoms with Crippen LogP contribution < -0.4 is 5.32 Å². The molecule has 1 amide bonds. The Labute approximate surface area is 120 Å². The van der Waals surface area contributed by atoms with Crippen LogP contribution in [0.1, 0.15) is 36.5 Å². The quantitative estimate of drug-likeness (QED) is 0.896. The van der Waals surface area contributed by atoms with E-state index < -0.39 is 0 Å². The van der Waals surface area contributed by atoms with Gasteiger partial charge in [0.2, 0.25) is 0 Å². The number of pyridine rings is 1. The van der Waals surface area contributed by atoms with Gasteiger partial charge in [0, 0.05) is 32.9 Å². The highest BCUT2D eigenvalue weighted by atomic mass is 16.5. The molecule has 2 rings (SSSR count). The van der Waals surface area contributed by atoms with E-state index in [0.29, 0.717) is 5.56 Å². The molecule has 0 unspecified atom stereocenters. The average Bonchev–Trinajstić information content (AvgIpc) is 2.53. The second kappa shape index (κ2) is 7.24. The molecule has 1 aromatic rings. The van der Waals surface area contributed by atoms with Crippen molar-refractivity contribution in [1.29, 1.82) is 0 Å². The van der Waals surface area contributed by atoms with E-state index in [-0.39, 0.29) is 12.0 Å². The molecule has 0 aliphatic carbocycles. The summed E-state index contributed by atoms with van der Waals surface area (Å²) in [6.07, 6.45) is 4.81. The smallest absolute Gasteiger partial charge is 0.255 e. The highest BCUT2D eigenvalue weighted by Crippen LogP contribution is 2.16. The van der Waals surface area contributed by atoms with Gasteiger partial charge >= 0.3 is 0 Å². The van der Waals surface area contributed by atoms with Crippen LogP contribution in [0.25, 0.3) is 0 Å². The predicted octanol–water partition coefficient (Wildman–Crippen LogP) is 2.15. The van der Waals surface area contributed by atoms with E-state index in [2.05, 4.69) is 17.2 Å². The van der Waals surface area contributed by atoms with Gasteiger partial charge in [-0.1, -0.05) is 6.92 Å². The van der Waals surface area contributed by atoms with Gasteiger partial charge in [0.15, 0.2) is 0 Å². The fourth-order valence-electron chi connectivity index (χ4n) is 2.36. The molecule has 1 aliphatic rings. The van der Waals surface area contributed by atoms with Gasteiger partial charge in [0.25, 0.3) is 5.91 Å². The second-order valence-electron chi connectivity index (χ2n) is 5.09. The van der Waals surface area contributed by atoms with Crippen LogP contribution in [0.4, 0.5) is 5.82 Å². The van der Waals surface area contributed by atoms with Crippen molar-refractivity contribution < 1.29 is 9.53 Å². The number of carbonyl (C=O) groups is 1. The van der Waals surface area contributed by atoms with Crippen LogP contribution in [0, 0.1) is 0 Å². The maximum absolute atomic E-state index is 12.3. The number of piperidine rings is 1. The van der Waals surface area contributed by atoms with Crippen LogP contribution in [-0.4, -0.2) is 48.6 Å². The molecule has 0 radical (unpaired) electrons. The van der Waals surface area contributed by atoms with E-state index in [0.717, 1.165) is 44.7 Å². The van der Waals surface area contributed by atoms with E-state index in [1.54, 1.807) is 13.3 Å². The zero-order valence-electron chi connectivity index (χ0n) is 12.3. The number of amides is 1. The maximum Gasteiger partial charge on any atom is 0.255 e. The average molecular weight is 277 g/mol. The van der Waals surface area contributed by atoms with E-state index >= 15 is 0 Å². The Morgan fingerprint density at radius 2 is 2.20 bits per heavy atom. The molecule has 0 spiro atoms. The normalized spacial score (nSPS) is 16.2. The van der Waals surface area contributed by atoms with Crippen molar-refractivity contribution in [3.05, 3.63) is 23.9 Å². The van der Waals surface area contributed by atoms with Crippen LogP contribution in [0.5, 0.6) is 0 Å². The number of rotatable bonds is 5. The summed E-state index contributed by atoms with van der Waals surface area (Å²) in [5, 5.41) is 3.20. The molecule has 1 fully saturated rings. The summed E-state index contributed by atoms with van der Waals surface area (Å²) in [6.45, 7) is 4.51. The number of nitrogens with zero attached hydrogens (tertiary/aromatic N) is 2. The van der Waals surface area contributed by atoms with E-state index in [1.165, 1.54) is 0 Å². The van der Waals surface area contributed by atoms with Crippen LogP contribution in [0.15, 0.2) is 18.3 Å². The summed E-state index contributed by atoms with van der Waals surface area (Å²) in [4.78, 5) is 18.5. The van der Waals surface area contributed by atoms with Crippen LogP contribution in [0.2, 0.25) is 0 Å². The number of hydrogen-bond donors (Lipinski definition) is 1. The minimum absolute atomic E-state index is 0.0640. The minimum atomic E-state index is 0.0640. The molecule has 2 heterocycles. The van der Waals surface area contributed by atoms with Gasteiger partial charge in [0.1, 0.15) is 5.82 Å². The van der Waals surface area contributed by atoms with Crippen molar-refractivity contribution in [2.45, 2.75) is 32.3 Å². The first kappa shape index (κ1) is 14.8. The standard InChI is InChI=1S/C15H23N3O2/c1-3-8-16-14-5-4-12(11-17-14)15(19)18-9-6-13(20-2)7-10-18/h4-5,11,13H,3,6-10H2,1-2H3,(H,16,17). The molecule has 5 nitrogen and oxygen atoms in total. The molecule has 110 valence electrons. The summed E-state index contributed by atoms with van der Waals surface area (Å²) in [6, 6.07) is 3.71. The van der Waals surface area contributed by atoms with Gasteiger partial charge in [-0.3, -0.25) is 4.79 Å². The zero-order chi connectivity index (χ0) is 14.4. The third-order valence-electron chi connectivity index (χ3n) is 3.63. The Morgan fingerprint density at radius 3 is 2.75 bits per heavy atom. The Bertz CT molecular complexity index is 425. The Balaban J connectivity index is 1.92. The van der Waals surface area contributed by atoms with Crippen molar-refractivity contribution in [1.82, 2.24) is 9.88 Å². The highest BCUT2D eigenvalue weighted by Gasteiger charge is 2.23. The molecule has 0 saturated carbocycles. The number of anilines is 1. The van der Waals surface area contributed by atoms with Gasteiger partial charge in [0.05, 0.1) is 11.7 Å². The van der Waals surface area contributed by atoms with Crippen LogP contribution in [0.3, 0.4) is 0 Å². The van der Waals surface area contributed by atoms with Crippen molar-refractivity contribution >= 4 is 11.7 Å². The number of hydrogen-bond acceptors (Lipinski definition) is 4. The second-order valence-corrected chi connectivity index (χ2v) is 5.09.